The molecule has 15 heteroatoms. The lowest BCUT2D eigenvalue weighted by Crippen LogP contribution is -2.14. The van der Waals surface area contributed by atoms with Gasteiger partial charge in [-0.15, -0.1) is 0 Å². The number of carbonyl (C=O) groups excluding carboxylic acids is 1. The second kappa shape index (κ2) is 18.7. The monoisotopic (exact) mass is 729 g/mol. The number of nitrogens with one attached hydrogen (secondary N) is 1. The third-order valence-corrected chi connectivity index (χ3v) is 9.54. The highest BCUT2D eigenvalue weighted by Gasteiger charge is 2.19. The van der Waals surface area contributed by atoms with E-state index in [9.17, 15) is 21.6 Å². The molecule has 0 aliphatic rings. The van der Waals surface area contributed by atoms with E-state index in [0.717, 1.165) is 72.7 Å². The number of rotatable bonds is 16. The predicted octanol–water partition coefficient (Wildman–Crippen LogP) is 5.32. The van der Waals surface area contributed by atoms with E-state index in [1.807, 2.05) is 33.2 Å². The van der Waals surface area contributed by atoms with Crippen LogP contribution in [0.4, 0.5) is 11.8 Å². The van der Waals surface area contributed by atoms with E-state index in [1.165, 1.54) is 37.1 Å². The van der Waals surface area contributed by atoms with Gasteiger partial charge in [-0.1, -0.05) is 68.3 Å². The molecule has 0 bridgehead atoms. The van der Waals surface area contributed by atoms with Gasteiger partial charge in [0.2, 0.25) is 5.95 Å². The van der Waals surface area contributed by atoms with Gasteiger partial charge in [0.15, 0.2) is 0 Å². The topological polar surface area (TPSA) is 202 Å². The van der Waals surface area contributed by atoms with Crippen LogP contribution in [-0.4, -0.2) is 80.6 Å². The third-order valence-electron chi connectivity index (χ3n) is 7.72. The molecular formula is C35H47N5O8S2. The number of unbranched alkanes of at least 4 members (excludes halogenated alkanes) is 3. The summed E-state index contributed by atoms with van der Waals surface area (Å²) in [5, 5.41) is 3.47. The van der Waals surface area contributed by atoms with Gasteiger partial charge in [0.1, 0.15) is 15.6 Å². The van der Waals surface area contributed by atoms with E-state index in [1.54, 1.807) is 0 Å². The molecule has 0 fully saturated rings. The molecule has 1 aromatic heterocycles. The average Bonchev–Trinajstić information content (AvgIpc) is 3.04. The molecule has 0 spiro atoms. The van der Waals surface area contributed by atoms with Crippen LogP contribution >= 0.6 is 0 Å². The standard InChI is InChI=1S/C25H39N5O2.C10H8O6S2/c1-5-6-7-14-27-24-22(19(2)28-25(26)29-24)17-20-10-12-21(13-11-20)18-23(31)32-16-9-8-15-30(3)4;11-17(12,13)9-5-1-3-7-8(9)4-2-6-10(7)18(14,15)16/h10-13H,5-9,14-18H2,1-4H3,(H3,26,27,28,29);1-6H,(H,11,12,13)(H,14,15,16). The molecule has 0 aliphatic carbocycles. The van der Waals surface area contributed by atoms with Gasteiger partial charge >= 0.3 is 5.97 Å². The van der Waals surface area contributed by atoms with Crippen LogP contribution in [0.25, 0.3) is 10.8 Å². The normalized spacial score (nSPS) is 11.7. The number of aryl methyl sites for hydroxylation is 1. The van der Waals surface area contributed by atoms with E-state index in [0.29, 0.717) is 25.4 Å². The molecule has 0 saturated carbocycles. The van der Waals surface area contributed by atoms with Crippen LogP contribution in [-0.2, 0) is 42.6 Å². The number of hydrogen-bond acceptors (Lipinski definition) is 11. The Morgan fingerprint density at radius 3 is 1.96 bits per heavy atom. The quantitative estimate of drug-likeness (QED) is 0.0656. The Morgan fingerprint density at radius 2 is 1.42 bits per heavy atom. The van der Waals surface area contributed by atoms with Crippen molar-refractivity contribution in [3.63, 3.8) is 0 Å². The van der Waals surface area contributed by atoms with Crippen molar-refractivity contribution in [2.24, 2.45) is 0 Å². The number of carbonyl (C=O) groups is 1. The lowest BCUT2D eigenvalue weighted by Gasteiger charge is -2.14. The first-order valence-corrected chi connectivity index (χ1v) is 19.2. The van der Waals surface area contributed by atoms with Crippen LogP contribution in [0.15, 0.2) is 70.5 Å². The number of anilines is 2. The number of ether oxygens (including phenoxy) is 1. The number of hydrogen-bond donors (Lipinski definition) is 4. The summed E-state index contributed by atoms with van der Waals surface area (Å²) in [7, 11) is -4.85. The fourth-order valence-corrected chi connectivity index (χ4v) is 6.59. The lowest BCUT2D eigenvalue weighted by molar-refractivity contribution is -0.142. The smallest absolute Gasteiger partial charge is 0.310 e. The molecule has 5 N–H and O–H groups in total. The van der Waals surface area contributed by atoms with Crippen LogP contribution in [0.3, 0.4) is 0 Å². The van der Waals surface area contributed by atoms with Crippen molar-refractivity contribution >= 4 is 48.7 Å². The summed E-state index contributed by atoms with van der Waals surface area (Å²) in [5.41, 5.74) is 9.91. The Hall–Kier alpha value is -4.15. The molecule has 272 valence electrons. The van der Waals surface area contributed by atoms with Crippen LogP contribution < -0.4 is 11.1 Å². The van der Waals surface area contributed by atoms with Gasteiger partial charge < -0.3 is 20.7 Å². The van der Waals surface area contributed by atoms with Gasteiger partial charge in [-0.05, 0) is 70.1 Å². The largest absolute Gasteiger partial charge is 0.465 e. The van der Waals surface area contributed by atoms with Gasteiger partial charge in [0, 0.05) is 35.0 Å². The van der Waals surface area contributed by atoms with E-state index in [2.05, 4.69) is 39.2 Å². The van der Waals surface area contributed by atoms with Crippen LogP contribution in [0.2, 0.25) is 0 Å². The van der Waals surface area contributed by atoms with Crippen LogP contribution in [0.1, 0.15) is 61.4 Å². The van der Waals surface area contributed by atoms with Crippen LogP contribution in [0, 0.1) is 6.92 Å². The maximum absolute atomic E-state index is 12.1. The molecule has 1 heterocycles. The molecule has 4 aromatic rings. The molecule has 0 amide bonds. The van der Waals surface area contributed by atoms with E-state index < -0.39 is 30.0 Å². The minimum atomic E-state index is -4.47. The van der Waals surface area contributed by atoms with Crippen molar-refractivity contribution in [1.82, 2.24) is 14.9 Å². The summed E-state index contributed by atoms with van der Waals surface area (Å²) in [4.78, 5) is 22.2. The number of nitrogens with zero attached hydrogens (tertiary/aromatic N) is 3. The number of nitrogens with two attached hydrogens (primary N) is 1. The number of fused-ring (bicyclic) bond motifs is 1. The van der Waals surface area contributed by atoms with Gasteiger partial charge in [0.25, 0.3) is 20.2 Å². The first-order valence-electron chi connectivity index (χ1n) is 16.3. The molecule has 0 radical (unpaired) electrons. The highest BCUT2D eigenvalue weighted by Crippen LogP contribution is 2.28. The molecule has 0 saturated heterocycles. The summed E-state index contributed by atoms with van der Waals surface area (Å²) in [6.45, 7) is 6.51. The molecule has 4 rings (SSSR count). The minimum Gasteiger partial charge on any atom is -0.465 e. The third kappa shape index (κ3) is 12.6. The highest BCUT2D eigenvalue weighted by molar-refractivity contribution is 7.86. The maximum atomic E-state index is 12.1. The molecular weight excluding hydrogens is 683 g/mol. The highest BCUT2D eigenvalue weighted by atomic mass is 32.2. The van der Waals surface area contributed by atoms with Gasteiger partial charge in [-0.3, -0.25) is 13.9 Å². The second-order valence-electron chi connectivity index (χ2n) is 12.1. The van der Waals surface area contributed by atoms with Gasteiger partial charge in [0.05, 0.1) is 13.0 Å². The zero-order chi connectivity index (χ0) is 36.9. The van der Waals surface area contributed by atoms with Crippen molar-refractivity contribution in [1.29, 1.82) is 0 Å². The number of benzene rings is 3. The number of aromatic nitrogens is 2. The number of esters is 1. The number of nitrogen functional groups attached to an aromatic ring is 1. The first-order chi connectivity index (χ1) is 23.6. The Bertz CT molecular complexity index is 1880. The van der Waals surface area contributed by atoms with E-state index in [4.69, 9.17) is 19.6 Å². The zero-order valence-electron chi connectivity index (χ0n) is 28.9. The van der Waals surface area contributed by atoms with Crippen molar-refractivity contribution < 1.29 is 35.5 Å². The molecule has 0 atom stereocenters. The molecule has 13 nitrogen and oxygen atoms in total. The predicted molar refractivity (Wildman–Crippen MR) is 194 cm³/mol. The Kier molecular flexibility index (Phi) is 15.1. The lowest BCUT2D eigenvalue weighted by atomic mass is 10.0. The zero-order valence-corrected chi connectivity index (χ0v) is 30.6. The minimum absolute atomic E-state index is 0.0233. The molecule has 3 aromatic carbocycles. The fraction of sp³-hybridized carbons (Fsp3) is 0.400. The summed E-state index contributed by atoms with van der Waals surface area (Å²) in [5.74, 6) is 0.928. The van der Waals surface area contributed by atoms with Crippen molar-refractivity contribution in [3.05, 3.63) is 83.0 Å². The second-order valence-corrected chi connectivity index (χ2v) is 14.9. The van der Waals surface area contributed by atoms with E-state index >= 15 is 0 Å². The maximum Gasteiger partial charge on any atom is 0.310 e. The van der Waals surface area contributed by atoms with E-state index in [-0.39, 0.29) is 16.7 Å². The molecule has 50 heavy (non-hydrogen) atoms. The fourth-order valence-electron chi connectivity index (χ4n) is 5.17. The van der Waals surface area contributed by atoms with Crippen LogP contribution in [0.5, 0.6) is 0 Å². The van der Waals surface area contributed by atoms with Crippen molar-refractivity contribution in [2.75, 3.05) is 44.8 Å². The Balaban J connectivity index is 0.000000316. The van der Waals surface area contributed by atoms with Crippen molar-refractivity contribution in [3.8, 4) is 0 Å². The Labute approximate surface area is 294 Å². The summed E-state index contributed by atoms with van der Waals surface area (Å²) < 4.78 is 68.0. The first kappa shape index (κ1) is 40.3. The Morgan fingerprint density at radius 1 is 0.840 bits per heavy atom. The van der Waals surface area contributed by atoms with Gasteiger partial charge in [-0.2, -0.15) is 21.8 Å². The summed E-state index contributed by atoms with van der Waals surface area (Å²) in [6, 6.07) is 15.6. The summed E-state index contributed by atoms with van der Waals surface area (Å²) >= 11 is 0. The molecule has 0 aliphatic heterocycles. The van der Waals surface area contributed by atoms with Gasteiger partial charge in [-0.25, -0.2) is 4.98 Å². The van der Waals surface area contributed by atoms with Crippen molar-refractivity contribution in [2.45, 2.75) is 68.6 Å². The molecule has 0 unspecified atom stereocenters. The summed E-state index contributed by atoms with van der Waals surface area (Å²) in [6.07, 6.45) is 6.37. The average molecular weight is 730 g/mol. The SMILES string of the molecule is CCCCCNc1nc(N)nc(C)c1Cc1ccc(CC(=O)OCCCCN(C)C)cc1.O=S(=O)(O)c1cccc2c(S(=O)(=O)O)cccc12.